The second kappa shape index (κ2) is 9.31. The maximum Gasteiger partial charge on any atom is 0.191 e. The summed E-state index contributed by atoms with van der Waals surface area (Å²) in [7, 11) is 1.82. The number of fused-ring (bicyclic) bond motifs is 1. The molecular weight excluding hydrogens is 340 g/mol. The standard InChI is InChI=1S/C21H34N4O2/c1-21(2,25-10-5-4-6-11-25)16-24-20(22-3)23-15-17-8-9-18-19(14-17)27-13-7-12-26-18/h8-9,14H,4-7,10-13,15-16H2,1-3H3,(H2,22,23,24). The molecule has 0 aromatic heterocycles. The lowest BCUT2D eigenvalue weighted by atomic mass is 9.98. The number of likely N-dealkylation sites (tertiary alicyclic amines) is 1. The topological polar surface area (TPSA) is 58.1 Å². The summed E-state index contributed by atoms with van der Waals surface area (Å²) in [6.07, 6.45) is 4.89. The number of hydrogen-bond acceptors (Lipinski definition) is 4. The van der Waals surface area contributed by atoms with Crippen molar-refractivity contribution in [3.63, 3.8) is 0 Å². The minimum Gasteiger partial charge on any atom is -0.490 e. The van der Waals surface area contributed by atoms with Crippen molar-refractivity contribution >= 4 is 5.96 Å². The molecule has 0 bridgehead atoms. The van der Waals surface area contributed by atoms with E-state index in [0.29, 0.717) is 19.8 Å². The van der Waals surface area contributed by atoms with Gasteiger partial charge in [0.2, 0.25) is 0 Å². The van der Waals surface area contributed by atoms with E-state index in [1.54, 1.807) is 0 Å². The second-order valence-corrected chi connectivity index (χ2v) is 7.97. The SMILES string of the molecule is CN=C(NCc1ccc2c(c1)OCCCO2)NCC(C)(C)N1CCCCC1. The van der Waals surface area contributed by atoms with Crippen LogP contribution in [0.1, 0.15) is 45.1 Å². The smallest absolute Gasteiger partial charge is 0.191 e. The highest BCUT2D eigenvalue weighted by atomic mass is 16.5. The molecule has 1 saturated heterocycles. The number of piperidine rings is 1. The van der Waals surface area contributed by atoms with Gasteiger partial charge in [0.15, 0.2) is 17.5 Å². The van der Waals surface area contributed by atoms with Crippen molar-refractivity contribution in [1.29, 1.82) is 0 Å². The minimum atomic E-state index is 0.118. The molecule has 6 heteroatoms. The van der Waals surface area contributed by atoms with Gasteiger partial charge in [-0.15, -0.1) is 0 Å². The van der Waals surface area contributed by atoms with E-state index in [0.717, 1.165) is 36.0 Å². The zero-order valence-corrected chi connectivity index (χ0v) is 17.0. The van der Waals surface area contributed by atoms with E-state index >= 15 is 0 Å². The van der Waals surface area contributed by atoms with Gasteiger partial charge >= 0.3 is 0 Å². The number of benzene rings is 1. The van der Waals surface area contributed by atoms with E-state index in [9.17, 15) is 0 Å². The van der Waals surface area contributed by atoms with Gasteiger partial charge in [-0.1, -0.05) is 12.5 Å². The van der Waals surface area contributed by atoms with Gasteiger partial charge in [0.1, 0.15) is 0 Å². The third-order valence-corrected chi connectivity index (χ3v) is 5.40. The van der Waals surface area contributed by atoms with Crippen LogP contribution in [0.15, 0.2) is 23.2 Å². The Hall–Kier alpha value is -1.95. The van der Waals surface area contributed by atoms with Crippen molar-refractivity contribution in [2.45, 2.75) is 51.6 Å². The fourth-order valence-electron chi connectivity index (χ4n) is 3.64. The molecule has 1 aromatic carbocycles. The molecule has 2 aliphatic rings. The molecule has 0 aliphatic carbocycles. The first-order chi connectivity index (χ1) is 13.1. The maximum absolute atomic E-state index is 5.78. The Balaban J connectivity index is 1.51. The van der Waals surface area contributed by atoms with Crippen LogP contribution in [0.5, 0.6) is 11.5 Å². The zero-order chi connectivity index (χ0) is 19.1. The van der Waals surface area contributed by atoms with E-state index in [2.05, 4.69) is 46.5 Å². The van der Waals surface area contributed by atoms with Gasteiger partial charge in [-0.3, -0.25) is 9.89 Å². The quantitative estimate of drug-likeness (QED) is 0.613. The lowest BCUT2D eigenvalue weighted by Crippen LogP contribution is -2.54. The van der Waals surface area contributed by atoms with Gasteiger partial charge in [-0.2, -0.15) is 0 Å². The predicted octanol–water partition coefficient (Wildman–Crippen LogP) is 2.78. The molecule has 2 aliphatic heterocycles. The van der Waals surface area contributed by atoms with Gasteiger partial charge < -0.3 is 20.1 Å². The summed E-state index contributed by atoms with van der Waals surface area (Å²) in [5.41, 5.74) is 1.27. The first kappa shape index (κ1) is 19.8. The summed E-state index contributed by atoms with van der Waals surface area (Å²) in [4.78, 5) is 6.96. The van der Waals surface area contributed by atoms with Crippen LogP contribution in [0, 0.1) is 0 Å². The lowest BCUT2D eigenvalue weighted by Gasteiger charge is -2.41. The lowest BCUT2D eigenvalue weighted by molar-refractivity contribution is 0.0982. The molecule has 0 spiro atoms. The highest BCUT2D eigenvalue weighted by Gasteiger charge is 2.27. The summed E-state index contributed by atoms with van der Waals surface area (Å²) < 4.78 is 11.5. The number of nitrogens with one attached hydrogen (secondary N) is 2. The van der Waals surface area contributed by atoms with Crippen molar-refractivity contribution in [3.8, 4) is 11.5 Å². The summed E-state index contributed by atoms with van der Waals surface area (Å²) in [5.74, 6) is 2.50. The molecule has 0 saturated carbocycles. The molecule has 0 atom stereocenters. The predicted molar refractivity (Wildman–Crippen MR) is 110 cm³/mol. The molecule has 3 rings (SSSR count). The maximum atomic E-state index is 5.78. The Bertz CT molecular complexity index is 639. The summed E-state index contributed by atoms with van der Waals surface area (Å²) >= 11 is 0. The van der Waals surface area contributed by atoms with Crippen molar-refractivity contribution < 1.29 is 9.47 Å². The van der Waals surface area contributed by atoms with Crippen LogP contribution in [0.3, 0.4) is 0 Å². The zero-order valence-electron chi connectivity index (χ0n) is 17.0. The van der Waals surface area contributed by atoms with Crippen LogP contribution >= 0.6 is 0 Å². The van der Waals surface area contributed by atoms with Crippen LogP contribution in [0.4, 0.5) is 0 Å². The number of nitrogens with zero attached hydrogens (tertiary/aromatic N) is 2. The average Bonchev–Trinajstić information content (AvgIpc) is 2.93. The summed E-state index contributed by atoms with van der Waals surface area (Å²) in [5, 5.41) is 6.90. The van der Waals surface area contributed by atoms with Gasteiger partial charge in [-0.05, 0) is 57.5 Å². The number of hydrogen-bond donors (Lipinski definition) is 2. The van der Waals surface area contributed by atoms with E-state index in [1.165, 1.54) is 32.4 Å². The van der Waals surface area contributed by atoms with Gasteiger partial charge in [0.25, 0.3) is 0 Å². The van der Waals surface area contributed by atoms with Crippen LogP contribution in [-0.4, -0.2) is 56.3 Å². The number of aliphatic imine (C=N–C) groups is 1. The highest BCUT2D eigenvalue weighted by Crippen LogP contribution is 2.30. The minimum absolute atomic E-state index is 0.118. The normalized spacial score (nSPS) is 18.7. The average molecular weight is 375 g/mol. The first-order valence-electron chi connectivity index (χ1n) is 10.2. The van der Waals surface area contributed by atoms with E-state index in [4.69, 9.17) is 9.47 Å². The van der Waals surface area contributed by atoms with Crippen molar-refractivity contribution in [3.05, 3.63) is 23.8 Å². The molecule has 27 heavy (non-hydrogen) atoms. The van der Waals surface area contributed by atoms with Gasteiger partial charge in [-0.25, -0.2) is 0 Å². The van der Waals surface area contributed by atoms with Crippen molar-refractivity contribution in [2.24, 2.45) is 4.99 Å². The first-order valence-corrected chi connectivity index (χ1v) is 10.2. The molecule has 2 N–H and O–H groups in total. The molecule has 1 fully saturated rings. The van der Waals surface area contributed by atoms with Crippen LogP contribution in [0.25, 0.3) is 0 Å². The number of guanidine groups is 1. The van der Waals surface area contributed by atoms with E-state index < -0.39 is 0 Å². The molecule has 0 unspecified atom stereocenters. The van der Waals surface area contributed by atoms with E-state index in [1.807, 2.05) is 13.1 Å². The van der Waals surface area contributed by atoms with Crippen LogP contribution in [-0.2, 0) is 6.54 Å². The second-order valence-electron chi connectivity index (χ2n) is 7.97. The molecular formula is C21H34N4O2. The highest BCUT2D eigenvalue weighted by molar-refractivity contribution is 5.79. The van der Waals surface area contributed by atoms with E-state index in [-0.39, 0.29) is 5.54 Å². The number of ether oxygens (including phenoxy) is 2. The van der Waals surface area contributed by atoms with Crippen molar-refractivity contribution in [1.82, 2.24) is 15.5 Å². The number of rotatable bonds is 5. The largest absolute Gasteiger partial charge is 0.490 e. The molecule has 6 nitrogen and oxygen atoms in total. The Morgan fingerprint density at radius 3 is 2.52 bits per heavy atom. The Labute approximate surface area is 163 Å². The fourth-order valence-corrected chi connectivity index (χ4v) is 3.64. The monoisotopic (exact) mass is 374 g/mol. The molecule has 0 radical (unpaired) electrons. The molecule has 2 heterocycles. The summed E-state index contributed by atoms with van der Waals surface area (Å²) in [6, 6.07) is 6.12. The fraction of sp³-hybridized carbons (Fsp3) is 0.667. The Kier molecular flexibility index (Phi) is 6.83. The molecule has 150 valence electrons. The third-order valence-electron chi connectivity index (χ3n) is 5.40. The van der Waals surface area contributed by atoms with Crippen LogP contribution < -0.4 is 20.1 Å². The van der Waals surface area contributed by atoms with Gasteiger partial charge in [0, 0.05) is 32.1 Å². The van der Waals surface area contributed by atoms with Gasteiger partial charge in [0.05, 0.1) is 13.2 Å². The van der Waals surface area contributed by atoms with Crippen LogP contribution in [0.2, 0.25) is 0 Å². The molecule has 0 amide bonds. The molecule has 1 aromatic rings. The summed E-state index contributed by atoms with van der Waals surface area (Å²) in [6.45, 7) is 9.99. The Morgan fingerprint density at radius 2 is 1.78 bits per heavy atom. The third kappa shape index (κ3) is 5.51. The Morgan fingerprint density at radius 1 is 1.04 bits per heavy atom. The van der Waals surface area contributed by atoms with Crippen molar-refractivity contribution in [2.75, 3.05) is 39.9 Å².